The SMILES string of the molecule is Cc1cc(N2CCCCCCC2)ncc1Br. The van der Waals surface area contributed by atoms with E-state index in [4.69, 9.17) is 0 Å². The quantitative estimate of drug-likeness (QED) is 0.776. The molecule has 0 atom stereocenters. The lowest BCUT2D eigenvalue weighted by molar-refractivity contribution is 0.553. The first-order valence-corrected chi connectivity index (χ1v) is 6.94. The van der Waals surface area contributed by atoms with Crippen LogP contribution in [0.1, 0.15) is 37.7 Å². The van der Waals surface area contributed by atoms with Crippen LogP contribution >= 0.6 is 15.9 Å². The second kappa shape index (κ2) is 5.67. The predicted molar refractivity (Wildman–Crippen MR) is 72.0 cm³/mol. The number of hydrogen-bond donors (Lipinski definition) is 0. The number of pyridine rings is 1. The highest BCUT2D eigenvalue weighted by molar-refractivity contribution is 9.10. The minimum Gasteiger partial charge on any atom is -0.357 e. The number of aryl methyl sites for hydroxylation is 1. The first kappa shape index (κ1) is 11.9. The van der Waals surface area contributed by atoms with E-state index in [1.165, 1.54) is 37.7 Å². The van der Waals surface area contributed by atoms with Crippen LogP contribution in [-0.2, 0) is 0 Å². The molecule has 0 amide bonds. The van der Waals surface area contributed by atoms with Crippen LogP contribution in [0.4, 0.5) is 5.82 Å². The van der Waals surface area contributed by atoms with Gasteiger partial charge in [0, 0.05) is 23.8 Å². The molecular formula is C13H19BrN2. The summed E-state index contributed by atoms with van der Waals surface area (Å²) in [6, 6.07) is 2.19. The van der Waals surface area contributed by atoms with Gasteiger partial charge in [0.25, 0.3) is 0 Å². The van der Waals surface area contributed by atoms with Gasteiger partial charge in [0.1, 0.15) is 5.82 Å². The van der Waals surface area contributed by atoms with Gasteiger partial charge in [-0.1, -0.05) is 19.3 Å². The van der Waals surface area contributed by atoms with Gasteiger partial charge in [-0.05, 0) is 47.3 Å². The summed E-state index contributed by atoms with van der Waals surface area (Å²) in [6.07, 6.45) is 8.66. The molecule has 0 N–H and O–H groups in total. The topological polar surface area (TPSA) is 16.1 Å². The molecule has 1 aromatic heterocycles. The van der Waals surface area contributed by atoms with Gasteiger partial charge < -0.3 is 4.90 Å². The van der Waals surface area contributed by atoms with Crippen LogP contribution < -0.4 is 4.90 Å². The summed E-state index contributed by atoms with van der Waals surface area (Å²) in [7, 11) is 0. The van der Waals surface area contributed by atoms with Crippen molar-refractivity contribution >= 4 is 21.7 Å². The van der Waals surface area contributed by atoms with Crippen LogP contribution in [0.5, 0.6) is 0 Å². The molecule has 0 saturated carbocycles. The highest BCUT2D eigenvalue weighted by atomic mass is 79.9. The highest BCUT2D eigenvalue weighted by Gasteiger charge is 2.10. The Morgan fingerprint density at radius 1 is 1.12 bits per heavy atom. The smallest absolute Gasteiger partial charge is 0.128 e. The first-order chi connectivity index (χ1) is 7.77. The molecule has 2 rings (SSSR count). The first-order valence-electron chi connectivity index (χ1n) is 6.14. The molecular weight excluding hydrogens is 264 g/mol. The fourth-order valence-electron chi connectivity index (χ4n) is 2.17. The third kappa shape index (κ3) is 2.97. The summed E-state index contributed by atoms with van der Waals surface area (Å²) in [5.41, 5.74) is 1.27. The summed E-state index contributed by atoms with van der Waals surface area (Å²) in [4.78, 5) is 6.94. The lowest BCUT2D eigenvalue weighted by Crippen LogP contribution is -2.27. The number of halogens is 1. The van der Waals surface area contributed by atoms with Crippen molar-refractivity contribution in [2.24, 2.45) is 0 Å². The molecule has 1 aliphatic heterocycles. The molecule has 88 valence electrons. The maximum atomic E-state index is 4.51. The summed E-state index contributed by atoms with van der Waals surface area (Å²) in [5.74, 6) is 1.14. The molecule has 1 aromatic rings. The van der Waals surface area contributed by atoms with E-state index in [1.807, 2.05) is 6.20 Å². The third-order valence-electron chi connectivity index (χ3n) is 3.21. The molecule has 0 unspecified atom stereocenters. The Morgan fingerprint density at radius 3 is 2.38 bits per heavy atom. The molecule has 0 spiro atoms. The van der Waals surface area contributed by atoms with Crippen molar-refractivity contribution in [2.45, 2.75) is 39.0 Å². The average molecular weight is 283 g/mol. The van der Waals surface area contributed by atoms with E-state index in [1.54, 1.807) is 0 Å². The standard InChI is InChI=1S/C13H19BrN2/c1-11-9-13(15-10-12(11)14)16-7-5-3-2-4-6-8-16/h9-10H,2-8H2,1H3. The fraction of sp³-hybridized carbons (Fsp3) is 0.615. The average Bonchev–Trinajstić information content (AvgIpc) is 2.22. The summed E-state index contributed by atoms with van der Waals surface area (Å²) < 4.78 is 1.10. The minimum atomic E-state index is 1.10. The van der Waals surface area contributed by atoms with E-state index in [2.05, 4.69) is 38.8 Å². The zero-order valence-corrected chi connectivity index (χ0v) is 11.5. The summed E-state index contributed by atoms with van der Waals surface area (Å²) in [5, 5.41) is 0. The van der Waals surface area contributed by atoms with E-state index < -0.39 is 0 Å². The van der Waals surface area contributed by atoms with Crippen molar-refractivity contribution in [1.29, 1.82) is 0 Å². The fourth-order valence-corrected chi connectivity index (χ4v) is 2.39. The van der Waals surface area contributed by atoms with Crippen LogP contribution in [0.25, 0.3) is 0 Å². The van der Waals surface area contributed by atoms with Crippen molar-refractivity contribution in [2.75, 3.05) is 18.0 Å². The van der Waals surface area contributed by atoms with Gasteiger partial charge >= 0.3 is 0 Å². The maximum absolute atomic E-state index is 4.51. The van der Waals surface area contributed by atoms with Gasteiger partial charge in [-0.2, -0.15) is 0 Å². The van der Waals surface area contributed by atoms with Crippen molar-refractivity contribution in [1.82, 2.24) is 4.98 Å². The molecule has 0 aliphatic carbocycles. The Hall–Kier alpha value is -0.570. The lowest BCUT2D eigenvalue weighted by Gasteiger charge is -2.26. The number of anilines is 1. The third-order valence-corrected chi connectivity index (χ3v) is 4.04. The van der Waals surface area contributed by atoms with Crippen LogP contribution in [0.2, 0.25) is 0 Å². The highest BCUT2D eigenvalue weighted by Crippen LogP contribution is 2.22. The minimum absolute atomic E-state index is 1.10. The van der Waals surface area contributed by atoms with Gasteiger partial charge in [0.15, 0.2) is 0 Å². The lowest BCUT2D eigenvalue weighted by atomic mass is 10.1. The maximum Gasteiger partial charge on any atom is 0.128 e. The number of nitrogens with zero attached hydrogens (tertiary/aromatic N) is 2. The number of aromatic nitrogens is 1. The van der Waals surface area contributed by atoms with Gasteiger partial charge in [0.2, 0.25) is 0 Å². The van der Waals surface area contributed by atoms with E-state index >= 15 is 0 Å². The molecule has 2 heterocycles. The van der Waals surface area contributed by atoms with Crippen LogP contribution in [0, 0.1) is 6.92 Å². The molecule has 1 fully saturated rings. The van der Waals surface area contributed by atoms with Crippen LogP contribution in [0.15, 0.2) is 16.7 Å². The van der Waals surface area contributed by atoms with Gasteiger partial charge in [0.05, 0.1) is 0 Å². The van der Waals surface area contributed by atoms with Crippen molar-refractivity contribution < 1.29 is 0 Å². The Kier molecular flexibility index (Phi) is 4.22. The molecule has 1 saturated heterocycles. The second-order valence-corrected chi connectivity index (χ2v) is 5.40. The van der Waals surface area contributed by atoms with E-state index in [0.29, 0.717) is 0 Å². The Morgan fingerprint density at radius 2 is 1.75 bits per heavy atom. The summed E-state index contributed by atoms with van der Waals surface area (Å²) in [6.45, 7) is 4.45. The molecule has 1 aliphatic rings. The van der Waals surface area contributed by atoms with Crippen molar-refractivity contribution in [3.05, 3.63) is 22.3 Å². The second-order valence-electron chi connectivity index (χ2n) is 4.55. The monoisotopic (exact) mass is 282 g/mol. The van der Waals surface area contributed by atoms with Crippen LogP contribution in [0.3, 0.4) is 0 Å². The van der Waals surface area contributed by atoms with Gasteiger partial charge in [-0.15, -0.1) is 0 Å². The summed E-state index contributed by atoms with van der Waals surface area (Å²) >= 11 is 3.50. The molecule has 16 heavy (non-hydrogen) atoms. The molecule has 2 nitrogen and oxygen atoms in total. The molecule has 0 bridgehead atoms. The van der Waals surface area contributed by atoms with E-state index in [0.717, 1.165) is 23.4 Å². The molecule has 0 radical (unpaired) electrons. The number of rotatable bonds is 1. The zero-order valence-electron chi connectivity index (χ0n) is 9.88. The van der Waals surface area contributed by atoms with Crippen molar-refractivity contribution in [3.8, 4) is 0 Å². The Balaban J connectivity index is 2.11. The molecule has 3 heteroatoms. The zero-order chi connectivity index (χ0) is 11.4. The Bertz CT molecular complexity index is 344. The predicted octanol–water partition coefficient (Wildman–Crippen LogP) is 3.92. The number of hydrogen-bond acceptors (Lipinski definition) is 2. The Labute approximate surface area is 106 Å². The van der Waals surface area contributed by atoms with Crippen LogP contribution in [-0.4, -0.2) is 18.1 Å². The van der Waals surface area contributed by atoms with E-state index in [-0.39, 0.29) is 0 Å². The van der Waals surface area contributed by atoms with E-state index in [9.17, 15) is 0 Å². The largest absolute Gasteiger partial charge is 0.357 e. The van der Waals surface area contributed by atoms with Gasteiger partial charge in [-0.3, -0.25) is 0 Å². The van der Waals surface area contributed by atoms with Crippen molar-refractivity contribution in [3.63, 3.8) is 0 Å². The molecule has 0 aromatic carbocycles. The van der Waals surface area contributed by atoms with Gasteiger partial charge in [-0.25, -0.2) is 4.98 Å². The normalized spacial score (nSPS) is 18.0.